The van der Waals surface area contributed by atoms with Gasteiger partial charge in [0.05, 0.1) is 0 Å². The van der Waals surface area contributed by atoms with Crippen LogP contribution in [0.2, 0.25) is 0 Å². The fraction of sp³-hybridized carbons (Fsp3) is 0.857. The van der Waals surface area contributed by atoms with Gasteiger partial charge in [0, 0.05) is 25.6 Å². The first-order valence-corrected chi connectivity index (χ1v) is 4.03. The Kier molecular flexibility index (Phi) is 2.88. The van der Waals surface area contributed by atoms with E-state index in [-0.39, 0.29) is 6.03 Å². The number of amides is 2. The zero-order valence-corrected chi connectivity index (χ0v) is 7.58. The maximum absolute atomic E-state index is 10.9. The predicted molar refractivity (Wildman–Crippen MR) is 46.3 cm³/mol. The van der Waals surface area contributed by atoms with E-state index in [4.69, 9.17) is 5.84 Å². The lowest BCUT2D eigenvalue weighted by Crippen LogP contribution is -2.57. The smallest absolute Gasteiger partial charge is 0.323 e. The van der Waals surface area contributed by atoms with Gasteiger partial charge in [-0.3, -0.25) is 5.43 Å². The molecule has 1 rings (SSSR count). The molecule has 5 heteroatoms. The Labute approximate surface area is 72.5 Å². The van der Waals surface area contributed by atoms with E-state index in [2.05, 4.69) is 10.3 Å². The Hall–Kier alpha value is -0.810. The first kappa shape index (κ1) is 9.28. The molecule has 0 aromatic carbocycles. The van der Waals surface area contributed by atoms with E-state index in [0.29, 0.717) is 5.92 Å². The van der Waals surface area contributed by atoms with E-state index >= 15 is 0 Å². The molecule has 1 aliphatic rings. The number of nitrogens with one attached hydrogen (secondary N) is 1. The van der Waals surface area contributed by atoms with Gasteiger partial charge in [-0.15, -0.1) is 0 Å². The molecule has 0 aliphatic carbocycles. The molecular formula is C7H16N4O. The third kappa shape index (κ3) is 2.09. The zero-order chi connectivity index (χ0) is 9.14. The molecule has 0 aromatic rings. The number of nitrogens with two attached hydrogens (primary N) is 1. The third-order valence-electron chi connectivity index (χ3n) is 1.99. The molecule has 3 N–H and O–H groups in total. The van der Waals surface area contributed by atoms with Crippen molar-refractivity contribution < 1.29 is 4.79 Å². The predicted octanol–water partition coefficient (Wildman–Crippen LogP) is -0.937. The van der Waals surface area contributed by atoms with Crippen LogP contribution in [0.15, 0.2) is 0 Å². The number of urea groups is 1. The summed E-state index contributed by atoms with van der Waals surface area (Å²) in [6.45, 7) is 2.68. The first-order chi connectivity index (χ1) is 5.63. The maximum atomic E-state index is 10.9. The van der Waals surface area contributed by atoms with Crippen LogP contribution in [0.25, 0.3) is 0 Å². The van der Waals surface area contributed by atoms with Gasteiger partial charge in [0.25, 0.3) is 0 Å². The molecule has 5 nitrogen and oxygen atoms in total. The number of likely N-dealkylation sites (tertiary alicyclic amines) is 1. The van der Waals surface area contributed by atoms with Crippen molar-refractivity contribution in [3.05, 3.63) is 0 Å². The number of carbonyl (C=O) groups excluding carboxylic acids is 1. The topological polar surface area (TPSA) is 61.6 Å². The van der Waals surface area contributed by atoms with Gasteiger partial charge >= 0.3 is 6.03 Å². The largest absolute Gasteiger partial charge is 0.331 e. The normalized spacial score (nSPS) is 17.8. The second-order valence-corrected chi connectivity index (χ2v) is 3.48. The van der Waals surface area contributed by atoms with E-state index in [0.717, 1.165) is 19.6 Å². The lowest BCUT2D eigenvalue weighted by atomic mass is 10.0. The van der Waals surface area contributed by atoms with Gasteiger partial charge in [0.15, 0.2) is 0 Å². The summed E-state index contributed by atoms with van der Waals surface area (Å²) in [6, 6.07) is -0.176. The number of carbonyl (C=O) groups is 1. The summed E-state index contributed by atoms with van der Waals surface area (Å²) in [7, 11) is 4.07. The quantitative estimate of drug-likeness (QED) is 0.321. The first-order valence-electron chi connectivity index (χ1n) is 4.03. The van der Waals surface area contributed by atoms with Crippen molar-refractivity contribution in [2.24, 2.45) is 11.8 Å². The van der Waals surface area contributed by atoms with Gasteiger partial charge in [-0.05, 0) is 14.1 Å². The van der Waals surface area contributed by atoms with Crippen molar-refractivity contribution in [3.63, 3.8) is 0 Å². The summed E-state index contributed by atoms with van der Waals surface area (Å²) < 4.78 is 0. The zero-order valence-electron chi connectivity index (χ0n) is 7.58. The highest BCUT2D eigenvalue weighted by Crippen LogP contribution is 2.15. The standard InChI is InChI=1S/C7H16N4O/c1-10(2)3-6-4-11(5-6)7(12)9-8/h6H,3-5,8H2,1-2H3,(H,9,12). The van der Waals surface area contributed by atoms with Crippen LogP contribution >= 0.6 is 0 Å². The van der Waals surface area contributed by atoms with Crippen LogP contribution in [-0.4, -0.2) is 49.6 Å². The lowest BCUT2D eigenvalue weighted by molar-refractivity contribution is 0.103. The molecule has 1 fully saturated rings. The van der Waals surface area contributed by atoms with Crippen molar-refractivity contribution >= 4 is 6.03 Å². The summed E-state index contributed by atoms with van der Waals surface area (Å²) >= 11 is 0. The molecule has 0 radical (unpaired) electrons. The van der Waals surface area contributed by atoms with Gasteiger partial charge in [0.2, 0.25) is 0 Å². The van der Waals surface area contributed by atoms with Crippen LogP contribution in [0.1, 0.15) is 0 Å². The number of hydrogen-bond acceptors (Lipinski definition) is 3. The number of nitrogens with zero attached hydrogens (tertiary/aromatic N) is 2. The van der Waals surface area contributed by atoms with Crippen LogP contribution in [-0.2, 0) is 0 Å². The van der Waals surface area contributed by atoms with Crippen LogP contribution in [0.4, 0.5) is 4.79 Å². The highest BCUT2D eigenvalue weighted by molar-refractivity contribution is 5.74. The minimum absolute atomic E-state index is 0.176. The molecule has 1 saturated heterocycles. The van der Waals surface area contributed by atoms with Crippen LogP contribution in [0, 0.1) is 5.92 Å². The summed E-state index contributed by atoms with van der Waals surface area (Å²) in [5.41, 5.74) is 2.11. The van der Waals surface area contributed by atoms with Gasteiger partial charge in [-0.2, -0.15) is 0 Å². The molecule has 0 spiro atoms. The summed E-state index contributed by atoms with van der Waals surface area (Å²) in [6.07, 6.45) is 0. The SMILES string of the molecule is CN(C)CC1CN(C(=O)NN)C1. The highest BCUT2D eigenvalue weighted by Gasteiger charge is 2.30. The molecule has 70 valence electrons. The summed E-state index contributed by atoms with van der Waals surface area (Å²) in [5, 5.41) is 0. The molecule has 0 bridgehead atoms. The summed E-state index contributed by atoms with van der Waals surface area (Å²) in [5.74, 6) is 5.59. The molecular weight excluding hydrogens is 156 g/mol. The van der Waals surface area contributed by atoms with Crippen LogP contribution in [0.5, 0.6) is 0 Å². The number of rotatable bonds is 2. The van der Waals surface area contributed by atoms with Gasteiger partial charge < -0.3 is 9.80 Å². The number of hydrazine groups is 1. The molecule has 12 heavy (non-hydrogen) atoms. The third-order valence-corrected chi connectivity index (χ3v) is 1.99. The second-order valence-electron chi connectivity index (χ2n) is 3.48. The van der Waals surface area contributed by atoms with Gasteiger partial charge in [0.1, 0.15) is 0 Å². The van der Waals surface area contributed by atoms with E-state index < -0.39 is 0 Å². The minimum Gasteiger partial charge on any atom is -0.323 e. The van der Waals surface area contributed by atoms with Crippen molar-refractivity contribution in [2.75, 3.05) is 33.7 Å². The van der Waals surface area contributed by atoms with Crippen molar-refractivity contribution in [1.29, 1.82) is 0 Å². The fourth-order valence-corrected chi connectivity index (χ4v) is 1.46. The Morgan fingerprint density at radius 2 is 2.25 bits per heavy atom. The van der Waals surface area contributed by atoms with Crippen molar-refractivity contribution in [3.8, 4) is 0 Å². The summed E-state index contributed by atoms with van der Waals surface area (Å²) in [4.78, 5) is 14.7. The lowest BCUT2D eigenvalue weighted by Gasteiger charge is -2.39. The van der Waals surface area contributed by atoms with E-state index in [1.165, 1.54) is 0 Å². The Balaban J connectivity index is 2.15. The van der Waals surface area contributed by atoms with Gasteiger partial charge in [-0.1, -0.05) is 0 Å². The average molecular weight is 172 g/mol. The molecule has 0 unspecified atom stereocenters. The van der Waals surface area contributed by atoms with Gasteiger partial charge in [-0.25, -0.2) is 10.6 Å². The fourth-order valence-electron chi connectivity index (χ4n) is 1.46. The number of hydrogen-bond donors (Lipinski definition) is 2. The molecule has 1 aliphatic heterocycles. The minimum atomic E-state index is -0.176. The Morgan fingerprint density at radius 1 is 1.67 bits per heavy atom. The second kappa shape index (κ2) is 3.73. The Bertz CT molecular complexity index is 165. The van der Waals surface area contributed by atoms with Crippen molar-refractivity contribution in [1.82, 2.24) is 15.2 Å². The van der Waals surface area contributed by atoms with E-state index in [1.807, 2.05) is 14.1 Å². The highest BCUT2D eigenvalue weighted by atomic mass is 16.2. The molecule has 2 amide bonds. The van der Waals surface area contributed by atoms with E-state index in [1.54, 1.807) is 4.90 Å². The monoisotopic (exact) mass is 172 g/mol. The van der Waals surface area contributed by atoms with Crippen molar-refractivity contribution in [2.45, 2.75) is 0 Å². The molecule has 0 atom stereocenters. The molecule has 0 aromatic heterocycles. The van der Waals surface area contributed by atoms with Crippen LogP contribution in [0.3, 0.4) is 0 Å². The average Bonchev–Trinajstić information content (AvgIpc) is 1.94. The van der Waals surface area contributed by atoms with E-state index in [9.17, 15) is 4.79 Å². The Morgan fingerprint density at radius 3 is 2.67 bits per heavy atom. The molecule has 1 heterocycles. The maximum Gasteiger partial charge on any atom is 0.331 e. The van der Waals surface area contributed by atoms with Crippen LogP contribution < -0.4 is 11.3 Å². The molecule has 0 saturated carbocycles.